The molecular formula is C20H23FN2O2. The predicted octanol–water partition coefficient (Wildman–Crippen LogP) is 3.18. The van der Waals surface area contributed by atoms with Gasteiger partial charge >= 0.3 is 0 Å². The van der Waals surface area contributed by atoms with E-state index >= 15 is 0 Å². The zero-order chi connectivity index (χ0) is 17.6. The molecule has 132 valence electrons. The Morgan fingerprint density at radius 2 is 1.72 bits per heavy atom. The monoisotopic (exact) mass is 342 g/mol. The molecule has 0 bridgehead atoms. The first-order chi connectivity index (χ1) is 12.2. The highest BCUT2D eigenvalue weighted by Crippen LogP contribution is 2.21. The van der Waals surface area contributed by atoms with Crippen molar-refractivity contribution in [1.29, 1.82) is 0 Å². The van der Waals surface area contributed by atoms with E-state index < -0.39 is 0 Å². The van der Waals surface area contributed by atoms with E-state index in [-0.39, 0.29) is 11.7 Å². The van der Waals surface area contributed by atoms with Gasteiger partial charge in [0.05, 0.1) is 6.61 Å². The molecule has 1 aliphatic heterocycles. The molecule has 1 saturated heterocycles. The fraction of sp³-hybridized carbons (Fsp3) is 0.350. The summed E-state index contributed by atoms with van der Waals surface area (Å²) in [4.78, 5) is 16.6. The molecule has 0 saturated carbocycles. The third kappa shape index (κ3) is 4.37. The molecule has 0 spiro atoms. The molecule has 25 heavy (non-hydrogen) atoms. The van der Waals surface area contributed by atoms with Gasteiger partial charge in [-0.15, -0.1) is 0 Å². The first-order valence-electron chi connectivity index (χ1n) is 8.65. The lowest BCUT2D eigenvalue weighted by molar-refractivity contribution is 0.0627. The van der Waals surface area contributed by atoms with Gasteiger partial charge in [-0.1, -0.05) is 18.2 Å². The Labute approximate surface area is 147 Å². The van der Waals surface area contributed by atoms with E-state index in [1.807, 2.05) is 30.0 Å². The van der Waals surface area contributed by atoms with E-state index in [0.717, 1.165) is 25.4 Å². The Bertz CT molecular complexity index is 710. The number of carbonyl (C=O) groups excluding carboxylic acids is 1. The second-order valence-electron chi connectivity index (χ2n) is 6.12. The van der Waals surface area contributed by atoms with Gasteiger partial charge in [0.25, 0.3) is 5.91 Å². The van der Waals surface area contributed by atoms with Gasteiger partial charge in [0.15, 0.2) is 0 Å². The third-order valence-electron chi connectivity index (χ3n) is 4.42. The minimum absolute atomic E-state index is 0.0330. The smallest absolute Gasteiger partial charge is 0.253 e. The highest BCUT2D eigenvalue weighted by molar-refractivity contribution is 5.94. The topological polar surface area (TPSA) is 32.8 Å². The Kier molecular flexibility index (Phi) is 5.66. The maximum Gasteiger partial charge on any atom is 0.253 e. The van der Waals surface area contributed by atoms with Crippen molar-refractivity contribution in [3.05, 3.63) is 65.5 Å². The second-order valence-corrected chi connectivity index (χ2v) is 6.12. The molecule has 1 fully saturated rings. The van der Waals surface area contributed by atoms with Crippen LogP contribution in [-0.4, -0.2) is 48.5 Å². The first kappa shape index (κ1) is 17.4. The summed E-state index contributed by atoms with van der Waals surface area (Å²) >= 11 is 0. The van der Waals surface area contributed by atoms with Crippen LogP contribution in [0.15, 0.2) is 48.5 Å². The molecule has 4 nitrogen and oxygen atoms in total. The van der Waals surface area contributed by atoms with Crippen molar-refractivity contribution in [3.63, 3.8) is 0 Å². The average molecular weight is 342 g/mol. The molecule has 2 aromatic carbocycles. The van der Waals surface area contributed by atoms with Crippen LogP contribution in [0.25, 0.3) is 0 Å². The molecule has 2 aromatic rings. The summed E-state index contributed by atoms with van der Waals surface area (Å²) < 4.78 is 18.7. The van der Waals surface area contributed by atoms with Gasteiger partial charge < -0.3 is 9.64 Å². The largest absolute Gasteiger partial charge is 0.494 e. The summed E-state index contributed by atoms with van der Waals surface area (Å²) in [5.74, 6) is 0.568. The van der Waals surface area contributed by atoms with E-state index in [0.29, 0.717) is 25.3 Å². The number of piperazine rings is 1. The fourth-order valence-electron chi connectivity index (χ4n) is 3.06. The number of ether oxygens (including phenoxy) is 1. The summed E-state index contributed by atoms with van der Waals surface area (Å²) in [7, 11) is 0. The van der Waals surface area contributed by atoms with E-state index in [1.54, 1.807) is 12.1 Å². The minimum Gasteiger partial charge on any atom is -0.494 e. The molecule has 0 unspecified atom stereocenters. The number of amides is 1. The maximum atomic E-state index is 13.0. The van der Waals surface area contributed by atoms with Crippen LogP contribution in [0.3, 0.4) is 0 Å². The summed E-state index contributed by atoms with van der Waals surface area (Å²) in [6.07, 6.45) is 0. The maximum absolute atomic E-state index is 13.0. The number of hydrogen-bond acceptors (Lipinski definition) is 3. The standard InChI is InChI=1S/C20H23FN2O2/c1-2-25-19-6-4-3-5-17(19)15-22-11-13-23(14-12-22)20(24)16-7-9-18(21)10-8-16/h3-10H,2,11-15H2,1H3. The van der Waals surface area contributed by atoms with E-state index in [9.17, 15) is 9.18 Å². The normalized spacial score (nSPS) is 15.2. The quantitative estimate of drug-likeness (QED) is 0.837. The van der Waals surface area contributed by atoms with Crippen molar-refractivity contribution in [2.24, 2.45) is 0 Å². The van der Waals surface area contributed by atoms with Crippen molar-refractivity contribution in [3.8, 4) is 5.75 Å². The molecule has 1 aliphatic rings. The van der Waals surface area contributed by atoms with Crippen molar-refractivity contribution >= 4 is 5.91 Å². The number of para-hydroxylation sites is 1. The summed E-state index contributed by atoms with van der Waals surface area (Å²) in [6.45, 7) is 6.42. The SMILES string of the molecule is CCOc1ccccc1CN1CCN(C(=O)c2ccc(F)cc2)CC1. The number of nitrogens with zero attached hydrogens (tertiary/aromatic N) is 2. The molecule has 0 aliphatic carbocycles. The Hall–Kier alpha value is -2.40. The lowest BCUT2D eigenvalue weighted by atomic mass is 10.1. The fourth-order valence-corrected chi connectivity index (χ4v) is 3.06. The summed E-state index contributed by atoms with van der Waals surface area (Å²) in [6, 6.07) is 13.8. The molecular weight excluding hydrogens is 319 g/mol. The van der Waals surface area contributed by atoms with Crippen molar-refractivity contribution < 1.29 is 13.9 Å². The van der Waals surface area contributed by atoms with E-state index in [2.05, 4.69) is 11.0 Å². The lowest BCUT2D eigenvalue weighted by Crippen LogP contribution is -2.48. The Morgan fingerprint density at radius 1 is 1.04 bits per heavy atom. The van der Waals surface area contributed by atoms with Crippen LogP contribution in [0, 0.1) is 5.82 Å². The first-order valence-corrected chi connectivity index (χ1v) is 8.65. The van der Waals surface area contributed by atoms with Gasteiger partial charge in [-0.05, 0) is 37.3 Å². The van der Waals surface area contributed by atoms with Crippen molar-refractivity contribution in [2.45, 2.75) is 13.5 Å². The van der Waals surface area contributed by atoms with Crippen LogP contribution >= 0.6 is 0 Å². The van der Waals surface area contributed by atoms with Gasteiger partial charge in [0.2, 0.25) is 0 Å². The molecule has 0 radical (unpaired) electrons. The summed E-state index contributed by atoms with van der Waals surface area (Å²) in [5, 5.41) is 0. The average Bonchev–Trinajstić information content (AvgIpc) is 2.64. The second kappa shape index (κ2) is 8.12. The van der Waals surface area contributed by atoms with E-state index in [1.165, 1.54) is 17.7 Å². The van der Waals surface area contributed by atoms with Crippen LogP contribution in [-0.2, 0) is 6.54 Å². The molecule has 0 aromatic heterocycles. The van der Waals surface area contributed by atoms with Crippen LogP contribution in [0.1, 0.15) is 22.8 Å². The number of halogens is 1. The molecule has 1 amide bonds. The molecule has 0 atom stereocenters. The van der Waals surface area contributed by atoms with Gasteiger partial charge in [0, 0.05) is 43.9 Å². The van der Waals surface area contributed by atoms with Crippen molar-refractivity contribution in [1.82, 2.24) is 9.80 Å². The van der Waals surface area contributed by atoms with Gasteiger partial charge in [-0.25, -0.2) is 4.39 Å². The minimum atomic E-state index is -0.325. The van der Waals surface area contributed by atoms with Crippen LogP contribution < -0.4 is 4.74 Å². The third-order valence-corrected chi connectivity index (χ3v) is 4.42. The molecule has 0 N–H and O–H groups in total. The highest BCUT2D eigenvalue weighted by Gasteiger charge is 2.22. The Balaban J connectivity index is 1.57. The molecule has 3 rings (SSSR count). The molecule has 1 heterocycles. The lowest BCUT2D eigenvalue weighted by Gasteiger charge is -2.35. The predicted molar refractivity (Wildman–Crippen MR) is 95.2 cm³/mol. The molecule has 5 heteroatoms. The zero-order valence-electron chi connectivity index (χ0n) is 14.5. The van der Waals surface area contributed by atoms with Gasteiger partial charge in [-0.2, -0.15) is 0 Å². The van der Waals surface area contributed by atoms with Crippen LogP contribution in [0.4, 0.5) is 4.39 Å². The number of rotatable bonds is 5. The van der Waals surface area contributed by atoms with Gasteiger partial charge in [-0.3, -0.25) is 9.69 Å². The number of benzene rings is 2. The zero-order valence-corrected chi connectivity index (χ0v) is 14.5. The Morgan fingerprint density at radius 3 is 2.40 bits per heavy atom. The summed E-state index contributed by atoms with van der Waals surface area (Å²) in [5.41, 5.74) is 1.71. The van der Waals surface area contributed by atoms with Crippen LogP contribution in [0.2, 0.25) is 0 Å². The van der Waals surface area contributed by atoms with Crippen LogP contribution in [0.5, 0.6) is 5.75 Å². The van der Waals surface area contributed by atoms with E-state index in [4.69, 9.17) is 4.74 Å². The number of hydrogen-bond donors (Lipinski definition) is 0. The number of carbonyl (C=O) groups is 1. The van der Waals surface area contributed by atoms with Gasteiger partial charge in [0.1, 0.15) is 11.6 Å². The van der Waals surface area contributed by atoms with Crippen molar-refractivity contribution in [2.75, 3.05) is 32.8 Å². The highest BCUT2D eigenvalue weighted by atomic mass is 19.1.